The van der Waals surface area contributed by atoms with Gasteiger partial charge in [-0.2, -0.15) is 10.2 Å². The first-order chi connectivity index (χ1) is 9.04. The molecule has 0 aliphatic carbocycles. The third kappa shape index (κ3) is 4.90. The first-order valence-electron chi connectivity index (χ1n) is 6.07. The Bertz CT molecular complexity index is 424. The van der Waals surface area contributed by atoms with Crippen LogP contribution in [0.5, 0.6) is 0 Å². The number of hydrogen-bond acceptors (Lipinski definition) is 4. The number of carboxylic acids is 1. The van der Waals surface area contributed by atoms with E-state index >= 15 is 0 Å². The molecule has 0 aliphatic heterocycles. The summed E-state index contributed by atoms with van der Waals surface area (Å²) in [6.07, 6.45) is 1.48. The predicted octanol–water partition coefficient (Wildman–Crippen LogP) is 0.871. The molecule has 0 aromatic carbocycles. The number of aliphatic carboxylic acids is 1. The van der Waals surface area contributed by atoms with Crippen LogP contribution in [0, 0.1) is 0 Å². The fourth-order valence-electron chi connectivity index (χ4n) is 1.71. The van der Waals surface area contributed by atoms with Gasteiger partial charge in [0.15, 0.2) is 0 Å². The lowest BCUT2D eigenvalue weighted by Gasteiger charge is -2.27. The zero-order chi connectivity index (χ0) is 14.3. The Morgan fingerprint density at radius 1 is 1.53 bits per heavy atom. The van der Waals surface area contributed by atoms with Crippen LogP contribution in [0.25, 0.3) is 0 Å². The van der Waals surface area contributed by atoms with Crippen LogP contribution in [0.4, 0.5) is 4.79 Å². The van der Waals surface area contributed by atoms with E-state index in [0.29, 0.717) is 12.2 Å². The number of nitrogens with zero attached hydrogens (tertiary/aromatic N) is 3. The van der Waals surface area contributed by atoms with Gasteiger partial charge in [0.05, 0.1) is 18.7 Å². The predicted molar refractivity (Wildman–Crippen MR) is 68.4 cm³/mol. The summed E-state index contributed by atoms with van der Waals surface area (Å²) in [5.41, 5.74) is 0.651. The molecule has 1 heterocycles. The Morgan fingerprint density at radius 3 is 2.79 bits per heavy atom. The molecule has 1 rings (SSSR count). The summed E-state index contributed by atoms with van der Waals surface area (Å²) in [5.74, 6) is -0.923. The third-order valence-electron chi connectivity index (χ3n) is 2.65. The quantitative estimate of drug-likeness (QED) is 0.796. The highest BCUT2D eigenvalue weighted by molar-refractivity contribution is 5.75. The summed E-state index contributed by atoms with van der Waals surface area (Å²) in [6, 6.07) is 2.83. The number of nitrogens with one attached hydrogen (secondary N) is 1. The summed E-state index contributed by atoms with van der Waals surface area (Å²) < 4.78 is 0. The molecule has 0 saturated heterocycles. The molecule has 0 aliphatic rings. The largest absolute Gasteiger partial charge is 0.481 e. The maximum atomic E-state index is 11.9. The molecule has 104 valence electrons. The SMILES string of the molecule is CCN(C(=O)NCc1cccnn1)C(C)CC(=O)O. The molecule has 1 atom stereocenters. The molecule has 0 spiro atoms. The van der Waals surface area contributed by atoms with Crippen molar-refractivity contribution in [2.24, 2.45) is 0 Å². The third-order valence-corrected chi connectivity index (χ3v) is 2.65. The summed E-state index contributed by atoms with van der Waals surface area (Å²) in [6.45, 7) is 4.23. The van der Waals surface area contributed by atoms with Gasteiger partial charge in [0.1, 0.15) is 0 Å². The second-order valence-corrected chi connectivity index (χ2v) is 4.11. The first-order valence-corrected chi connectivity index (χ1v) is 6.07. The van der Waals surface area contributed by atoms with E-state index < -0.39 is 5.97 Å². The smallest absolute Gasteiger partial charge is 0.317 e. The van der Waals surface area contributed by atoms with Crippen molar-refractivity contribution in [2.75, 3.05) is 6.54 Å². The van der Waals surface area contributed by atoms with Gasteiger partial charge in [-0.15, -0.1) is 0 Å². The number of carbonyl (C=O) groups excluding carboxylic acids is 1. The number of carbonyl (C=O) groups is 2. The van der Waals surface area contributed by atoms with Gasteiger partial charge in [-0.05, 0) is 26.0 Å². The monoisotopic (exact) mass is 266 g/mol. The van der Waals surface area contributed by atoms with Gasteiger partial charge in [0.2, 0.25) is 0 Å². The zero-order valence-electron chi connectivity index (χ0n) is 11.0. The van der Waals surface area contributed by atoms with Crippen molar-refractivity contribution in [3.8, 4) is 0 Å². The molecular formula is C12H18N4O3. The number of urea groups is 1. The Labute approximate surface area is 111 Å². The molecule has 19 heavy (non-hydrogen) atoms. The maximum absolute atomic E-state index is 11.9. The van der Waals surface area contributed by atoms with Crippen LogP contribution in [-0.2, 0) is 11.3 Å². The highest BCUT2D eigenvalue weighted by Gasteiger charge is 2.20. The van der Waals surface area contributed by atoms with Crippen molar-refractivity contribution < 1.29 is 14.7 Å². The number of amides is 2. The number of aromatic nitrogens is 2. The van der Waals surface area contributed by atoms with Crippen molar-refractivity contribution in [2.45, 2.75) is 32.9 Å². The van der Waals surface area contributed by atoms with E-state index in [0.717, 1.165) is 0 Å². The van der Waals surface area contributed by atoms with Crippen LogP contribution in [-0.4, -0.2) is 44.8 Å². The highest BCUT2D eigenvalue weighted by atomic mass is 16.4. The van der Waals surface area contributed by atoms with Crippen molar-refractivity contribution in [3.05, 3.63) is 24.0 Å². The zero-order valence-corrected chi connectivity index (χ0v) is 11.0. The van der Waals surface area contributed by atoms with E-state index in [1.54, 1.807) is 32.2 Å². The molecule has 2 N–H and O–H groups in total. The van der Waals surface area contributed by atoms with Gasteiger partial charge < -0.3 is 15.3 Å². The maximum Gasteiger partial charge on any atom is 0.317 e. The minimum absolute atomic E-state index is 0.0770. The van der Waals surface area contributed by atoms with E-state index in [-0.39, 0.29) is 25.0 Å². The Morgan fingerprint density at radius 2 is 2.26 bits per heavy atom. The van der Waals surface area contributed by atoms with Crippen LogP contribution >= 0.6 is 0 Å². The molecule has 0 bridgehead atoms. The van der Waals surface area contributed by atoms with Crippen molar-refractivity contribution in [1.29, 1.82) is 0 Å². The van der Waals surface area contributed by atoms with Gasteiger partial charge in [-0.1, -0.05) is 0 Å². The molecule has 0 saturated carbocycles. The Balaban J connectivity index is 2.52. The number of carboxylic acid groups (broad SMARTS) is 1. The first kappa shape index (κ1) is 14.9. The topological polar surface area (TPSA) is 95.4 Å². The summed E-state index contributed by atoms with van der Waals surface area (Å²) in [5, 5.41) is 19.0. The van der Waals surface area contributed by atoms with E-state index in [4.69, 9.17) is 5.11 Å². The summed E-state index contributed by atoms with van der Waals surface area (Å²) in [7, 11) is 0. The average Bonchev–Trinajstić information content (AvgIpc) is 2.37. The molecule has 1 aromatic heterocycles. The van der Waals surface area contributed by atoms with E-state index in [1.165, 1.54) is 4.90 Å². The summed E-state index contributed by atoms with van der Waals surface area (Å²) >= 11 is 0. The minimum Gasteiger partial charge on any atom is -0.481 e. The van der Waals surface area contributed by atoms with Crippen molar-refractivity contribution in [3.63, 3.8) is 0 Å². The second kappa shape index (κ2) is 7.30. The fraction of sp³-hybridized carbons (Fsp3) is 0.500. The minimum atomic E-state index is -0.923. The van der Waals surface area contributed by atoms with Gasteiger partial charge in [-0.25, -0.2) is 4.79 Å². The molecule has 7 nitrogen and oxygen atoms in total. The Hall–Kier alpha value is -2.18. The average molecular weight is 266 g/mol. The lowest BCUT2D eigenvalue weighted by molar-refractivity contribution is -0.138. The fourth-order valence-corrected chi connectivity index (χ4v) is 1.71. The molecule has 0 radical (unpaired) electrons. The lowest BCUT2D eigenvalue weighted by Crippen LogP contribution is -2.45. The van der Waals surface area contributed by atoms with Crippen LogP contribution in [0.2, 0.25) is 0 Å². The molecule has 7 heteroatoms. The Kier molecular flexibility index (Phi) is 5.72. The second-order valence-electron chi connectivity index (χ2n) is 4.11. The van der Waals surface area contributed by atoms with Crippen molar-refractivity contribution >= 4 is 12.0 Å². The summed E-state index contributed by atoms with van der Waals surface area (Å²) in [4.78, 5) is 24.1. The molecular weight excluding hydrogens is 248 g/mol. The van der Waals surface area contributed by atoms with Gasteiger partial charge in [-0.3, -0.25) is 4.79 Å². The number of rotatable bonds is 6. The number of hydrogen-bond donors (Lipinski definition) is 2. The molecule has 1 unspecified atom stereocenters. The van der Waals surface area contributed by atoms with E-state index in [1.807, 2.05) is 0 Å². The van der Waals surface area contributed by atoms with E-state index in [2.05, 4.69) is 15.5 Å². The normalized spacial score (nSPS) is 11.7. The van der Waals surface area contributed by atoms with Crippen LogP contribution in [0.1, 0.15) is 26.0 Å². The van der Waals surface area contributed by atoms with Gasteiger partial charge in [0, 0.05) is 18.8 Å². The van der Waals surface area contributed by atoms with Crippen molar-refractivity contribution in [1.82, 2.24) is 20.4 Å². The molecule has 1 aromatic rings. The highest BCUT2D eigenvalue weighted by Crippen LogP contribution is 2.04. The van der Waals surface area contributed by atoms with E-state index in [9.17, 15) is 9.59 Å². The van der Waals surface area contributed by atoms with Crippen LogP contribution < -0.4 is 5.32 Å². The van der Waals surface area contributed by atoms with Crippen LogP contribution in [0.15, 0.2) is 18.3 Å². The van der Waals surface area contributed by atoms with Gasteiger partial charge >= 0.3 is 12.0 Å². The standard InChI is InChI=1S/C12H18N4O3/c1-3-16(9(2)7-11(17)18)12(19)13-8-10-5-4-6-14-15-10/h4-6,9H,3,7-8H2,1-2H3,(H,13,19)(H,17,18). The molecule has 2 amide bonds. The van der Waals surface area contributed by atoms with Gasteiger partial charge in [0.25, 0.3) is 0 Å². The lowest BCUT2D eigenvalue weighted by atomic mass is 10.2. The van der Waals surface area contributed by atoms with Crippen LogP contribution in [0.3, 0.4) is 0 Å². The molecule has 0 fully saturated rings.